The Bertz CT molecular complexity index is 872. The normalized spacial score (nSPS) is 15.5. The monoisotopic (exact) mass is 553 g/mol. The van der Waals surface area contributed by atoms with Crippen LogP contribution in [0.25, 0.3) is 0 Å². The minimum absolute atomic E-state index is 0. The Balaban J connectivity index is 0.00000363. The number of halogens is 1. The Morgan fingerprint density at radius 1 is 1.12 bits per heavy atom. The zero-order valence-corrected chi connectivity index (χ0v) is 21.1. The highest BCUT2D eigenvalue weighted by molar-refractivity contribution is 14.0. The molecular formula is C23H32IN5O3. The minimum atomic E-state index is -0.153. The number of nitrogens with one attached hydrogen (secondary N) is 3. The van der Waals surface area contributed by atoms with Crippen LogP contribution in [-0.2, 0) is 4.79 Å². The van der Waals surface area contributed by atoms with E-state index in [1.807, 2.05) is 55.5 Å². The molecular weight excluding hydrogens is 521 g/mol. The molecule has 8 nitrogen and oxygen atoms in total. The number of aliphatic imine (C=N–C) groups is 1. The van der Waals surface area contributed by atoms with Gasteiger partial charge in [-0.15, -0.1) is 24.0 Å². The third-order valence-corrected chi connectivity index (χ3v) is 5.01. The van der Waals surface area contributed by atoms with Crippen molar-refractivity contribution in [2.24, 2.45) is 4.99 Å². The number of methoxy groups -OCH3 is 2. The van der Waals surface area contributed by atoms with E-state index in [4.69, 9.17) is 9.47 Å². The number of carbonyl (C=O) groups excluding carboxylic acids is 1. The van der Waals surface area contributed by atoms with Crippen molar-refractivity contribution in [2.45, 2.75) is 19.4 Å². The van der Waals surface area contributed by atoms with Gasteiger partial charge >= 0.3 is 0 Å². The average molecular weight is 553 g/mol. The molecule has 0 aromatic heterocycles. The predicted molar refractivity (Wildman–Crippen MR) is 140 cm³/mol. The van der Waals surface area contributed by atoms with Crippen molar-refractivity contribution in [1.29, 1.82) is 0 Å². The van der Waals surface area contributed by atoms with E-state index >= 15 is 0 Å². The van der Waals surface area contributed by atoms with E-state index in [0.717, 1.165) is 48.9 Å². The van der Waals surface area contributed by atoms with Crippen LogP contribution in [0.5, 0.6) is 11.5 Å². The Labute approximate surface area is 206 Å². The molecule has 1 aliphatic rings. The Hall–Kier alpha value is -2.69. The van der Waals surface area contributed by atoms with Crippen LogP contribution in [0.4, 0.5) is 11.4 Å². The highest BCUT2D eigenvalue weighted by Crippen LogP contribution is 2.30. The third-order valence-electron chi connectivity index (χ3n) is 5.01. The van der Waals surface area contributed by atoms with Crippen molar-refractivity contribution in [2.75, 3.05) is 50.6 Å². The molecule has 2 aromatic rings. The fourth-order valence-corrected chi connectivity index (χ4v) is 3.47. The first kappa shape index (κ1) is 25.6. The van der Waals surface area contributed by atoms with Gasteiger partial charge in [0.05, 0.1) is 14.2 Å². The summed E-state index contributed by atoms with van der Waals surface area (Å²) in [5.74, 6) is 2.02. The van der Waals surface area contributed by atoms with Crippen molar-refractivity contribution in [3.63, 3.8) is 0 Å². The molecule has 0 spiro atoms. The number of para-hydroxylation sites is 1. The van der Waals surface area contributed by atoms with Gasteiger partial charge in [0.25, 0.3) is 0 Å². The van der Waals surface area contributed by atoms with E-state index < -0.39 is 0 Å². The molecule has 0 bridgehead atoms. The third kappa shape index (κ3) is 7.47. The largest absolute Gasteiger partial charge is 0.497 e. The second kappa shape index (κ2) is 13.0. The summed E-state index contributed by atoms with van der Waals surface area (Å²) in [5, 5.41) is 9.52. The van der Waals surface area contributed by atoms with Gasteiger partial charge in [-0.2, -0.15) is 0 Å². The maximum Gasteiger partial charge on any atom is 0.246 e. The van der Waals surface area contributed by atoms with Gasteiger partial charge in [0, 0.05) is 55.2 Å². The molecule has 0 radical (unpaired) electrons. The quantitative estimate of drug-likeness (QED) is 0.265. The number of hydrogen-bond acceptors (Lipinski definition) is 5. The molecule has 1 heterocycles. The molecule has 1 atom stereocenters. The fraction of sp³-hybridized carbons (Fsp3) is 0.391. The molecule has 1 fully saturated rings. The molecule has 32 heavy (non-hydrogen) atoms. The first-order valence-electron chi connectivity index (χ1n) is 10.5. The summed E-state index contributed by atoms with van der Waals surface area (Å²) < 4.78 is 10.8. The van der Waals surface area contributed by atoms with Gasteiger partial charge in [-0.05, 0) is 25.5 Å². The van der Waals surface area contributed by atoms with Crippen LogP contribution < -0.4 is 30.3 Å². The van der Waals surface area contributed by atoms with E-state index in [0.29, 0.717) is 5.96 Å². The van der Waals surface area contributed by atoms with Crippen LogP contribution in [0.1, 0.15) is 13.3 Å². The molecule has 0 aliphatic carbocycles. The average Bonchev–Trinajstić information content (AvgIpc) is 3.26. The summed E-state index contributed by atoms with van der Waals surface area (Å²) in [6.07, 6.45) is 0.958. The van der Waals surface area contributed by atoms with Crippen molar-refractivity contribution in [3.05, 3.63) is 48.5 Å². The van der Waals surface area contributed by atoms with E-state index in [1.54, 1.807) is 14.2 Å². The lowest BCUT2D eigenvalue weighted by atomic mass is 10.2. The summed E-state index contributed by atoms with van der Waals surface area (Å²) in [4.78, 5) is 18.9. The molecule has 3 rings (SSSR count). The first-order chi connectivity index (χ1) is 15.1. The maximum atomic E-state index is 12.2. The topological polar surface area (TPSA) is 87.2 Å². The SMILES string of the molecule is CCNC(=NCC(=O)Nc1ccccc1)NC1CCN(c2cc(OC)cc(OC)c2)C1.I. The number of rotatable bonds is 8. The second-order valence-corrected chi connectivity index (χ2v) is 7.26. The molecule has 2 aromatic carbocycles. The van der Waals surface area contributed by atoms with Gasteiger partial charge < -0.3 is 30.3 Å². The molecule has 1 unspecified atom stereocenters. The number of amides is 1. The molecule has 1 aliphatic heterocycles. The van der Waals surface area contributed by atoms with Crippen LogP contribution in [0, 0.1) is 0 Å². The highest BCUT2D eigenvalue weighted by Gasteiger charge is 2.24. The van der Waals surface area contributed by atoms with Gasteiger partial charge in [0.2, 0.25) is 5.91 Å². The molecule has 1 saturated heterocycles. The number of hydrogen-bond donors (Lipinski definition) is 3. The zero-order valence-electron chi connectivity index (χ0n) is 18.8. The van der Waals surface area contributed by atoms with Crippen molar-refractivity contribution >= 4 is 47.2 Å². The van der Waals surface area contributed by atoms with E-state index in [9.17, 15) is 4.79 Å². The van der Waals surface area contributed by atoms with Gasteiger partial charge in [0.15, 0.2) is 5.96 Å². The fourth-order valence-electron chi connectivity index (χ4n) is 3.47. The minimum Gasteiger partial charge on any atom is -0.497 e. The lowest BCUT2D eigenvalue weighted by molar-refractivity contribution is -0.114. The number of guanidine groups is 1. The molecule has 174 valence electrons. The van der Waals surface area contributed by atoms with Gasteiger partial charge in [-0.3, -0.25) is 4.79 Å². The molecule has 1 amide bonds. The van der Waals surface area contributed by atoms with E-state index in [-0.39, 0.29) is 42.5 Å². The van der Waals surface area contributed by atoms with Gasteiger partial charge in [-0.1, -0.05) is 18.2 Å². The summed E-state index contributed by atoms with van der Waals surface area (Å²) in [6.45, 7) is 4.49. The number of nitrogens with zero attached hydrogens (tertiary/aromatic N) is 2. The second-order valence-electron chi connectivity index (χ2n) is 7.26. The first-order valence-corrected chi connectivity index (χ1v) is 10.5. The summed E-state index contributed by atoms with van der Waals surface area (Å²) in [6, 6.07) is 15.5. The molecule has 3 N–H and O–H groups in total. The van der Waals surface area contributed by atoms with Crippen molar-refractivity contribution in [1.82, 2.24) is 10.6 Å². The van der Waals surface area contributed by atoms with E-state index in [1.165, 1.54) is 0 Å². The Morgan fingerprint density at radius 2 is 1.81 bits per heavy atom. The van der Waals surface area contributed by atoms with Crippen LogP contribution in [-0.4, -0.2) is 58.3 Å². The lowest BCUT2D eigenvalue weighted by Crippen LogP contribution is -2.45. The smallest absolute Gasteiger partial charge is 0.246 e. The van der Waals surface area contributed by atoms with Crippen LogP contribution in [0.2, 0.25) is 0 Å². The summed E-state index contributed by atoms with van der Waals surface area (Å²) >= 11 is 0. The number of benzene rings is 2. The van der Waals surface area contributed by atoms with Crippen LogP contribution in [0.3, 0.4) is 0 Å². The van der Waals surface area contributed by atoms with E-state index in [2.05, 4.69) is 25.8 Å². The Kier molecular flexibility index (Phi) is 10.4. The standard InChI is InChI=1S/C23H31N5O3.HI/c1-4-24-23(25-15-22(29)26-17-8-6-5-7-9-17)27-18-10-11-28(16-18)19-12-20(30-2)14-21(13-19)31-3;/h5-9,12-14,18H,4,10-11,15-16H2,1-3H3,(H,26,29)(H2,24,25,27);1H. The Morgan fingerprint density at radius 3 is 2.44 bits per heavy atom. The number of ether oxygens (including phenoxy) is 2. The summed E-state index contributed by atoms with van der Waals surface area (Å²) in [5.41, 5.74) is 1.82. The van der Waals surface area contributed by atoms with Crippen molar-refractivity contribution < 1.29 is 14.3 Å². The van der Waals surface area contributed by atoms with Crippen molar-refractivity contribution in [3.8, 4) is 11.5 Å². The van der Waals surface area contributed by atoms with Gasteiger partial charge in [-0.25, -0.2) is 4.99 Å². The zero-order chi connectivity index (χ0) is 22.1. The summed E-state index contributed by atoms with van der Waals surface area (Å²) in [7, 11) is 3.31. The van der Waals surface area contributed by atoms with Crippen LogP contribution in [0.15, 0.2) is 53.5 Å². The predicted octanol–water partition coefficient (Wildman–Crippen LogP) is 3.09. The maximum absolute atomic E-state index is 12.2. The number of carbonyl (C=O) groups is 1. The molecule has 0 saturated carbocycles. The highest BCUT2D eigenvalue weighted by atomic mass is 127. The van der Waals surface area contributed by atoms with Crippen LogP contribution >= 0.6 is 24.0 Å². The molecule has 9 heteroatoms. The number of anilines is 2. The lowest BCUT2D eigenvalue weighted by Gasteiger charge is -2.21. The van der Waals surface area contributed by atoms with Gasteiger partial charge in [0.1, 0.15) is 18.0 Å².